The summed E-state index contributed by atoms with van der Waals surface area (Å²) in [6, 6.07) is 1.98. The number of carbonyl (C=O) groups is 1. The van der Waals surface area contributed by atoms with Gasteiger partial charge in [0.2, 0.25) is 0 Å². The fourth-order valence-electron chi connectivity index (χ4n) is 1.42. The maximum absolute atomic E-state index is 11.9. The van der Waals surface area contributed by atoms with Gasteiger partial charge in [0.15, 0.2) is 0 Å². The predicted octanol–water partition coefficient (Wildman–Crippen LogP) is 2.66. The summed E-state index contributed by atoms with van der Waals surface area (Å²) in [4.78, 5) is 21.1. The minimum absolute atomic E-state index is 0.222. The average Bonchev–Trinajstić information content (AvgIpc) is 2.83. The molecule has 7 heteroatoms. The van der Waals surface area contributed by atoms with Crippen molar-refractivity contribution >= 4 is 39.0 Å². The summed E-state index contributed by atoms with van der Waals surface area (Å²) in [5.74, 6) is 0.446. The summed E-state index contributed by atoms with van der Waals surface area (Å²) >= 11 is 4.96. The van der Waals surface area contributed by atoms with Gasteiger partial charge in [-0.1, -0.05) is 0 Å². The molecule has 0 fully saturated rings. The van der Waals surface area contributed by atoms with Gasteiger partial charge in [-0.15, -0.1) is 11.3 Å². The van der Waals surface area contributed by atoms with Crippen LogP contribution in [-0.4, -0.2) is 22.4 Å². The molecule has 2 rings (SSSR count). The maximum atomic E-state index is 11.9. The van der Waals surface area contributed by atoms with Crippen LogP contribution in [0.5, 0.6) is 0 Å². The number of anilines is 1. The smallest absolute Gasteiger partial charge is 0.271 e. The summed E-state index contributed by atoms with van der Waals surface area (Å²) in [7, 11) is 0. The van der Waals surface area contributed by atoms with Gasteiger partial charge in [0.25, 0.3) is 5.91 Å². The van der Waals surface area contributed by atoms with Crippen LogP contribution in [-0.2, 0) is 6.54 Å². The van der Waals surface area contributed by atoms with E-state index in [1.54, 1.807) is 17.5 Å². The van der Waals surface area contributed by atoms with Gasteiger partial charge in [-0.2, -0.15) is 0 Å². The SMILES string of the molecule is CCNc1cnc(C(=O)NCc2cc(Br)cs2)cn1. The van der Waals surface area contributed by atoms with E-state index in [9.17, 15) is 4.79 Å². The first-order valence-corrected chi connectivity index (χ1v) is 7.43. The lowest BCUT2D eigenvalue weighted by Gasteiger charge is -2.04. The standard InChI is InChI=1S/C12H13BrN4OS/c1-2-14-11-6-15-10(5-16-11)12(18)17-4-9-3-8(13)7-19-9/h3,5-7H,2,4H2,1H3,(H,14,16)(H,17,18). The second-order valence-corrected chi connectivity index (χ2v) is 5.64. The van der Waals surface area contributed by atoms with Crippen molar-refractivity contribution in [2.75, 3.05) is 11.9 Å². The van der Waals surface area contributed by atoms with E-state index in [4.69, 9.17) is 0 Å². The zero-order chi connectivity index (χ0) is 13.7. The Morgan fingerprint density at radius 1 is 1.42 bits per heavy atom. The van der Waals surface area contributed by atoms with E-state index in [1.807, 2.05) is 18.4 Å². The van der Waals surface area contributed by atoms with Crippen LogP contribution in [0.4, 0.5) is 5.82 Å². The van der Waals surface area contributed by atoms with Gasteiger partial charge >= 0.3 is 0 Å². The highest BCUT2D eigenvalue weighted by Gasteiger charge is 2.08. The van der Waals surface area contributed by atoms with Crippen LogP contribution in [0, 0.1) is 0 Å². The van der Waals surface area contributed by atoms with E-state index in [2.05, 4.69) is 36.5 Å². The van der Waals surface area contributed by atoms with Crippen molar-refractivity contribution in [1.29, 1.82) is 0 Å². The van der Waals surface area contributed by atoms with E-state index in [-0.39, 0.29) is 5.91 Å². The van der Waals surface area contributed by atoms with Gasteiger partial charge in [0, 0.05) is 21.3 Å². The molecular formula is C12H13BrN4OS. The Kier molecular flexibility index (Phi) is 4.86. The van der Waals surface area contributed by atoms with Crippen molar-refractivity contribution in [3.05, 3.63) is 38.9 Å². The number of nitrogens with zero attached hydrogens (tertiary/aromatic N) is 2. The third kappa shape index (κ3) is 4.00. The van der Waals surface area contributed by atoms with Gasteiger partial charge in [0.1, 0.15) is 11.5 Å². The quantitative estimate of drug-likeness (QED) is 0.877. The second kappa shape index (κ2) is 6.63. The zero-order valence-corrected chi connectivity index (χ0v) is 12.7. The molecule has 0 aliphatic rings. The topological polar surface area (TPSA) is 66.9 Å². The molecule has 0 aliphatic carbocycles. The first-order chi connectivity index (χ1) is 9.19. The van der Waals surface area contributed by atoms with Gasteiger partial charge in [0.05, 0.1) is 18.9 Å². The molecule has 2 heterocycles. The van der Waals surface area contributed by atoms with Crippen LogP contribution in [0.2, 0.25) is 0 Å². The lowest BCUT2D eigenvalue weighted by Crippen LogP contribution is -2.23. The molecule has 2 aromatic rings. The van der Waals surface area contributed by atoms with Crippen LogP contribution in [0.15, 0.2) is 28.3 Å². The first kappa shape index (κ1) is 14.0. The van der Waals surface area contributed by atoms with Crippen molar-refractivity contribution in [1.82, 2.24) is 15.3 Å². The Hall–Kier alpha value is -1.47. The Bertz CT molecular complexity index is 555. The maximum Gasteiger partial charge on any atom is 0.271 e. The lowest BCUT2D eigenvalue weighted by molar-refractivity contribution is 0.0946. The molecule has 5 nitrogen and oxygen atoms in total. The molecular weight excluding hydrogens is 328 g/mol. The summed E-state index contributed by atoms with van der Waals surface area (Å²) in [6.07, 6.45) is 3.03. The van der Waals surface area contributed by atoms with Crippen LogP contribution in [0.1, 0.15) is 22.3 Å². The Labute approximate surface area is 123 Å². The number of rotatable bonds is 5. The highest BCUT2D eigenvalue weighted by atomic mass is 79.9. The molecule has 0 saturated carbocycles. The molecule has 0 radical (unpaired) electrons. The minimum Gasteiger partial charge on any atom is -0.369 e. The van der Waals surface area contributed by atoms with E-state index >= 15 is 0 Å². The molecule has 0 bridgehead atoms. The predicted molar refractivity (Wildman–Crippen MR) is 79.4 cm³/mol. The zero-order valence-electron chi connectivity index (χ0n) is 10.3. The van der Waals surface area contributed by atoms with Gasteiger partial charge in [-0.25, -0.2) is 9.97 Å². The Morgan fingerprint density at radius 3 is 2.84 bits per heavy atom. The third-order valence-electron chi connectivity index (χ3n) is 2.29. The normalized spacial score (nSPS) is 10.2. The number of hydrogen-bond acceptors (Lipinski definition) is 5. The van der Waals surface area contributed by atoms with Crippen LogP contribution < -0.4 is 10.6 Å². The van der Waals surface area contributed by atoms with Crippen molar-refractivity contribution in [2.24, 2.45) is 0 Å². The number of amides is 1. The van der Waals surface area contributed by atoms with E-state index in [0.29, 0.717) is 18.1 Å². The van der Waals surface area contributed by atoms with E-state index in [0.717, 1.165) is 15.9 Å². The minimum atomic E-state index is -0.222. The van der Waals surface area contributed by atoms with Crippen molar-refractivity contribution in [2.45, 2.75) is 13.5 Å². The van der Waals surface area contributed by atoms with Gasteiger partial charge in [-0.3, -0.25) is 4.79 Å². The second-order valence-electron chi connectivity index (χ2n) is 3.73. The Morgan fingerprint density at radius 2 is 2.26 bits per heavy atom. The third-order valence-corrected chi connectivity index (χ3v) is 3.98. The molecule has 0 aromatic carbocycles. The number of carbonyl (C=O) groups excluding carboxylic acids is 1. The van der Waals surface area contributed by atoms with Crippen molar-refractivity contribution in [3.8, 4) is 0 Å². The highest BCUT2D eigenvalue weighted by molar-refractivity contribution is 9.10. The molecule has 0 unspecified atom stereocenters. The van der Waals surface area contributed by atoms with Gasteiger partial charge < -0.3 is 10.6 Å². The summed E-state index contributed by atoms with van der Waals surface area (Å²) in [5.41, 5.74) is 0.317. The average molecular weight is 341 g/mol. The molecule has 2 N–H and O–H groups in total. The number of halogens is 1. The van der Waals surface area contributed by atoms with E-state index < -0.39 is 0 Å². The number of nitrogens with one attached hydrogen (secondary N) is 2. The van der Waals surface area contributed by atoms with Gasteiger partial charge in [-0.05, 0) is 28.9 Å². The summed E-state index contributed by atoms with van der Waals surface area (Å²) < 4.78 is 1.02. The van der Waals surface area contributed by atoms with Crippen LogP contribution in [0.25, 0.3) is 0 Å². The van der Waals surface area contributed by atoms with Crippen molar-refractivity contribution < 1.29 is 4.79 Å². The highest BCUT2D eigenvalue weighted by Crippen LogP contribution is 2.19. The molecule has 0 spiro atoms. The monoisotopic (exact) mass is 340 g/mol. The molecule has 2 aromatic heterocycles. The van der Waals surface area contributed by atoms with E-state index in [1.165, 1.54) is 6.20 Å². The first-order valence-electron chi connectivity index (χ1n) is 5.76. The number of aromatic nitrogens is 2. The summed E-state index contributed by atoms with van der Waals surface area (Å²) in [6.45, 7) is 3.24. The largest absolute Gasteiger partial charge is 0.369 e. The van der Waals surface area contributed by atoms with Crippen LogP contribution >= 0.6 is 27.3 Å². The molecule has 0 aliphatic heterocycles. The molecule has 0 saturated heterocycles. The fraction of sp³-hybridized carbons (Fsp3) is 0.250. The molecule has 0 atom stereocenters. The number of hydrogen-bond donors (Lipinski definition) is 2. The molecule has 19 heavy (non-hydrogen) atoms. The fourth-order valence-corrected chi connectivity index (χ4v) is 2.81. The lowest BCUT2D eigenvalue weighted by atomic mass is 10.4. The number of thiophene rings is 1. The molecule has 1 amide bonds. The summed E-state index contributed by atoms with van der Waals surface area (Å²) in [5, 5.41) is 7.81. The van der Waals surface area contributed by atoms with Crippen molar-refractivity contribution in [3.63, 3.8) is 0 Å². The van der Waals surface area contributed by atoms with Crippen LogP contribution in [0.3, 0.4) is 0 Å². The molecule has 100 valence electrons. The Balaban J connectivity index is 1.92.